The van der Waals surface area contributed by atoms with E-state index in [-0.39, 0.29) is 0 Å². The van der Waals surface area contributed by atoms with Crippen molar-refractivity contribution in [2.75, 3.05) is 26.2 Å². The lowest BCUT2D eigenvalue weighted by atomic mass is 10.3. The predicted octanol–water partition coefficient (Wildman–Crippen LogP) is 1.66. The largest absolute Gasteiger partial charge is 0.328 e. The molecule has 1 aliphatic rings. The fraction of sp³-hybridized carbons (Fsp3) is 0.385. The predicted molar refractivity (Wildman–Crippen MR) is 89.5 cm³/mol. The van der Waals surface area contributed by atoms with Gasteiger partial charge in [0.1, 0.15) is 10.8 Å². The van der Waals surface area contributed by atoms with Gasteiger partial charge in [0.15, 0.2) is 0 Å². The van der Waals surface area contributed by atoms with Gasteiger partial charge in [0.2, 0.25) is 0 Å². The Bertz CT molecular complexity index is 689. The molecule has 2 aromatic heterocycles. The van der Waals surface area contributed by atoms with Gasteiger partial charge in [-0.25, -0.2) is 8.42 Å². The highest BCUT2D eigenvalue weighted by atomic mass is 79.9. The second-order valence-corrected chi connectivity index (χ2v) is 10.6. The molecule has 1 saturated heterocycles. The lowest BCUT2D eigenvalue weighted by molar-refractivity contribution is -0.917. The number of nitrogens with one attached hydrogen (secondary N) is 1. The first-order valence-electron chi connectivity index (χ1n) is 6.67. The molecule has 8 heteroatoms. The molecule has 21 heavy (non-hydrogen) atoms. The van der Waals surface area contributed by atoms with Crippen molar-refractivity contribution in [3.8, 4) is 0 Å². The van der Waals surface area contributed by atoms with Crippen LogP contribution in [0.25, 0.3) is 0 Å². The molecular weight excluding hydrogens is 392 g/mol. The minimum atomic E-state index is -3.28. The molecule has 0 saturated carbocycles. The van der Waals surface area contributed by atoms with Crippen molar-refractivity contribution in [1.29, 1.82) is 0 Å². The fourth-order valence-electron chi connectivity index (χ4n) is 2.45. The molecule has 3 rings (SSSR count). The lowest BCUT2D eigenvalue weighted by Crippen LogP contribution is -3.13. The van der Waals surface area contributed by atoms with Crippen LogP contribution in [0.15, 0.2) is 37.6 Å². The highest BCUT2D eigenvalue weighted by Gasteiger charge is 2.31. The van der Waals surface area contributed by atoms with Crippen LogP contribution in [0.5, 0.6) is 0 Å². The Kier molecular flexibility index (Phi) is 4.82. The summed E-state index contributed by atoms with van der Waals surface area (Å²) in [5.41, 5.74) is 0. The zero-order chi connectivity index (χ0) is 14.9. The number of hydrogen-bond donors (Lipinski definition) is 1. The van der Waals surface area contributed by atoms with Gasteiger partial charge in [-0.3, -0.25) is 0 Å². The second-order valence-electron chi connectivity index (χ2n) is 4.97. The van der Waals surface area contributed by atoms with Gasteiger partial charge in [-0.2, -0.15) is 4.31 Å². The Labute approximate surface area is 141 Å². The summed E-state index contributed by atoms with van der Waals surface area (Å²) in [6.45, 7) is 3.90. The van der Waals surface area contributed by atoms with Gasteiger partial charge < -0.3 is 4.90 Å². The van der Waals surface area contributed by atoms with Crippen LogP contribution in [0.1, 0.15) is 4.88 Å². The van der Waals surface area contributed by atoms with Crippen LogP contribution < -0.4 is 4.90 Å². The number of hydrogen-bond acceptors (Lipinski definition) is 4. The minimum Gasteiger partial charge on any atom is -0.328 e. The maximum atomic E-state index is 12.4. The van der Waals surface area contributed by atoms with Crippen LogP contribution >= 0.6 is 38.6 Å². The van der Waals surface area contributed by atoms with Gasteiger partial charge >= 0.3 is 0 Å². The van der Waals surface area contributed by atoms with Crippen LogP contribution in [0.4, 0.5) is 0 Å². The molecule has 0 spiro atoms. The van der Waals surface area contributed by atoms with Crippen molar-refractivity contribution in [2.24, 2.45) is 0 Å². The van der Waals surface area contributed by atoms with Crippen molar-refractivity contribution in [2.45, 2.75) is 10.8 Å². The number of nitrogens with zero attached hydrogens (tertiary/aromatic N) is 1. The van der Waals surface area contributed by atoms with Crippen molar-refractivity contribution >= 4 is 48.6 Å². The summed E-state index contributed by atoms with van der Waals surface area (Å²) in [6.07, 6.45) is 0. The third kappa shape index (κ3) is 3.57. The highest BCUT2D eigenvalue weighted by Crippen LogP contribution is 2.22. The minimum absolute atomic E-state index is 0.452. The lowest BCUT2D eigenvalue weighted by Gasteiger charge is -2.30. The Balaban J connectivity index is 1.60. The van der Waals surface area contributed by atoms with E-state index < -0.39 is 10.0 Å². The van der Waals surface area contributed by atoms with Crippen LogP contribution in [-0.2, 0) is 16.6 Å². The van der Waals surface area contributed by atoms with E-state index in [0.29, 0.717) is 17.3 Å². The standard InChI is InChI=1S/C13H15BrN2O2S3/c14-12-4-3-11(20-12)10-15-5-7-16(8-6-15)21(17,18)13-2-1-9-19-13/h1-4,9H,5-8,10H2/p+1. The molecule has 1 fully saturated rings. The molecule has 0 unspecified atom stereocenters. The molecule has 0 radical (unpaired) electrons. The maximum Gasteiger partial charge on any atom is 0.252 e. The molecule has 0 aliphatic carbocycles. The number of thiophene rings is 2. The molecule has 2 aromatic rings. The number of rotatable bonds is 4. The van der Waals surface area contributed by atoms with E-state index in [1.807, 2.05) is 5.38 Å². The number of halogens is 1. The monoisotopic (exact) mass is 407 g/mol. The third-order valence-electron chi connectivity index (χ3n) is 3.57. The average Bonchev–Trinajstić information content (AvgIpc) is 3.11. The van der Waals surface area contributed by atoms with Gasteiger partial charge in [-0.1, -0.05) is 6.07 Å². The van der Waals surface area contributed by atoms with E-state index >= 15 is 0 Å². The summed E-state index contributed by atoms with van der Waals surface area (Å²) >= 11 is 6.52. The molecule has 0 bridgehead atoms. The van der Waals surface area contributed by atoms with E-state index in [1.165, 1.54) is 21.1 Å². The highest BCUT2D eigenvalue weighted by molar-refractivity contribution is 9.11. The van der Waals surface area contributed by atoms with Gasteiger partial charge in [0, 0.05) is 0 Å². The first-order valence-corrected chi connectivity index (χ1v) is 10.6. The topological polar surface area (TPSA) is 41.8 Å². The van der Waals surface area contributed by atoms with Crippen molar-refractivity contribution in [3.05, 3.63) is 38.3 Å². The van der Waals surface area contributed by atoms with E-state index in [2.05, 4.69) is 28.1 Å². The SMILES string of the molecule is O=S(=O)(c1cccs1)N1CC[NH+](Cc2ccc(Br)s2)CC1. The second kappa shape index (κ2) is 6.47. The van der Waals surface area contributed by atoms with E-state index in [0.717, 1.165) is 23.4 Å². The molecule has 1 N–H and O–H groups in total. The summed E-state index contributed by atoms with van der Waals surface area (Å²) in [4.78, 5) is 2.79. The molecule has 114 valence electrons. The Morgan fingerprint density at radius 2 is 2.00 bits per heavy atom. The normalized spacial score (nSPS) is 18.1. The number of piperazine rings is 1. The summed E-state index contributed by atoms with van der Waals surface area (Å²) in [7, 11) is -3.28. The van der Waals surface area contributed by atoms with E-state index in [1.54, 1.807) is 27.8 Å². The Morgan fingerprint density at radius 3 is 2.57 bits per heavy atom. The Morgan fingerprint density at radius 1 is 1.24 bits per heavy atom. The first kappa shape index (κ1) is 15.6. The van der Waals surface area contributed by atoms with Gasteiger partial charge in [0.05, 0.1) is 34.8 Å². The van der Waals surface area contributed by atoms with Crippen LogP contribution in [-0.4, -0.2) is 38.9 Å². The van der Waals surface area contributed by atoms with Crippen molar-refractivity contribution < 1.29 is 13.3 Å². The van der Waals surface area contributed by atoms with Crippen molar-refractivity contribution in [3.63, 3.8) is 0 Å². The zero-order valence-corrected chi connectivity index (χ0v) is 15.3. The fourth-order valence-corrected chi connectivity index (χ4v) is 6.59. The first-order chi connectivity index (χ1) is 10.1. The molecule has 0 aromatic carbocycles. The quantitative estimate of drug-likeness (QED) is 0.836. The molecule has 1 aliphatic heterocycles. The smallest absolute Gasteiger partial charge is 0.252 e. The molecule has 0 amide bonds. The average molecular weight is 408 g/mol. The van der Waals surface area contributed by atoms with Gasteiger partial charge in [0.25, 0.3) is 10.0 Å². The van der Waals surface area contributed by atoms with Crippen molar-refractivity contribution in [1.82, 2.24) is 4.31 Å². The summed E-state index contributed by atoms with van der Waals surface area (Å²) < 4.78 is 28.1. The molecule has 4 nitrogen and oxygen atoms in total. The van der Waals surface area contributed by atoms with E-state index in [4.69, 9.17) is 0 Å². The zero-order valence-electron chi connectivity index (χ0n) is 11.3. The summed E-state index contributed by atoms with van der Waals surface area (Å²) in [5, 5.41) is 1.81. The number of sulfonamides is 1. The Hall–Kier alpha value is -0.250. The van der Waals surface area contributed by atoms with E-state index in [9.17, 15) is 8.42 Å². The molecule has 3 heterocycles. The van der Waals surface area contributed by atoms with Crippen LogP contribution in [0, 0.1) is 0 Å². The summed E-state index contributed by atoms with van der Waals surface area (Å²) in [5.74, 6) is 0. The van der Waals surface area contributed by atoms with Gasteiger partial charge in [-0.15, -0.1) is 22.7 Å². The molecule has 0 atom stereocenters. The maximum absolute atomic E-state index is 12.4. The van der Waals surface area contributed by atoms with Crippen LogP contribution in [0.3, 0.4) is 0 Å². The summed E-state index contributed by atoms with van der Waals surface area (Å²) in [6, 6.07) is 7.67. The van der Waals surface area contributed by atoms with Gasteiger partial charge in [-0.05, 0) is 39.5 Å². The molecular formula is C13H16BrN2O2S3+. The third-order valence-corrected chi connectivity index (χ3v) is 8.47. The number of quaternary nitrogens is 1. The van der Waals surface area contributed by atoms with Crippen LogP contribution in [0.2, 0.25) is 0 Å².